The van der Waals surface area contributed by atoms with E-state index in [2.05, 4.69) is 15.6 Å². The Morgan fingerprint density at radius 3 is 2.21 bits per heavy atom. The maximum Gasteiger partial charge on any atom is 0.418 e. The molecule has 11 heteroatoms. The molecule has 8 nitrogen and oxygen atoms in total. The Labute approximate surface area is 185 Å². The summed E-state index contributed by atoms with van der Waals surface area (Å²) in [7, 11) is 1.47. The predicted octanol–water partition coefficient (Wildman–Crippen LogP) is 3.83. The molecule has 3 N–H and O–H groups in total. The number of halogens is 3. The van der Waals surface area contributed by atoms with Gasteiger partial charge in [-0.2, -0.15) is 13.2 Å². The van der Waals surface area contributed by atoms with Crippen LogP contribution in [0.5, 0.6) is 11.5 Å². The number of hydrogen-bond acceptors (Lipinski definition) is 5. The number of anilines is 2. The van der Waals surface area contributed by atoms with Crippen molar-refractivity contribution in [1.82, 2.24) is 10.3 Å². The van der Waals surface area contributed by atoms with Crippen LogP contribution in [0.25, 0.3) is 0 Å². The zero-order chi connectivity index (χ0) is 24.0. The highest BCUT2D eigenvalue weighted by Crippen LogP contribution is 2.34. The topological polar surface area (TPSA) is 109 Å². The summed E-state index contributed by atoms with van der Waals surface area (Å²) < 4.78 is 44.7. The van der Waals surface area contributed by atoms with Crippen LogP contribution in [0.3, 0.4) is 0 Å². The highest BCUT2D eigenvalue weighted by Gasteiger charge is 2.34. The average Bonchev–Trinajstić information content (AvgIpc) is 2.79. The van der Waals surface area contributed by atoms with Crippen LogP contribution >= 0.6 is 0 Å². The van der Waals surface area contributed by atoms with Gasteiger partial charge in [0.2, 0.25) is 0 Å². The summed E-state index contributed by atoms with van der Waals surface area (Å²) in [4.78, 5) is 39.7. The minimum absolute atomic E-state index is 0.164. The molecule has 1 heterocycles. The fourth-order valence-corrected chi connectivity index (χ4v) is 2.68. The van der Waals surface area contributed by atoms with Crippen molar-refractivity contribution in [1.29, 1.82) is 0 Å². The summed E-state index contributed by atoms with van der Waals surface area (Å²) in [5.74, 6) is -2.07. The first-order valence-corrected chi connectivity index (χ1v) is 9.42. The number of para-hydroxylation sites is 1. The van der Waals surface area contributed by atoms with Gasteiger partial charge in [-0.1, -0.05) is 12.1 Å². The highest BCUT2D eigenvalue weighted by atomic mass is 19.4. The molecule has 0 aliphatic heterocycles. The number of benzene rings is 2. The Bertz CT molecular complexity index is 1180. The van der Waals surface area contributed by atoms with E-state index in [9.17, 15) is 27.6 Å². The zero-order valence-electron chi connectivity index (χ0n) is 17.1. The lowest BCUT2D eigenvalue weighted by molar-refractivity contribution is -0.137. The molecule has 3 aromatic rings. The van der Waals surface area contributed by atoms with Crippen molar-refractivity contribution in [3.63, 3.8) is 0 Å². The normalized spacial score (nSPS) is 10.8. The van der Waals surface area contributed by atoms with E-state index in [1.165, 1.54) is 55.7 Å². The zero-order valence-corrected chi connectivity index (χ0v) is 17.1. The third kappa shape index (κ3) is 6.06. The molecule has 0 unspecified atom stereocenters. The van der Waals surface area contributed by atoms with E-state index in [0.717, 1.165) is 12.1 Å². The van der Waals surface area contributed by atoms with Gasteiger partial charge in [0.05, 0.1) is 11.3 Å². The number of carbonyl (C=O) groups is 3. The number of aromatic nitrogens is 1. The van der Waals surface area contributed by atoms with E-state index in [0.29, 0.717) is 11.5 Å². The summed E-state index contributed by atoms with van der Waals surface area (Å²) in [6, 6.07) is 13.2. The van der Waals surface area contributed by atoms with Crippen LogP contribution in [0.4, 0.5) is 24.5 Å². The molecule has 0 bridgehead atoms. The van der Waals surface area contributed by atoms with Crippen LogP contribution < -0.4 is 20.7 Å². The van der Waals surface area contributed by atoms with Gasteiger partial charge in [0.15, 0.2) is 0 Å². The van der Waals surface area contributed by atoms with Gasteiger partial charge in [-0.15, -0.1) is 0 Å². The van der Waals surface area contributed by atoms with Gasteiger partial charge in [-0.3, -0.25) is 19.4 Å². The molecule has 0 atom stereocenters. The van der Waals surface area contributed by atoms with E-state index < -0.39 is 29.2 Å². The summed E-state index contributed by atoms with van der Waals surface area (Å²) >= 11 is 0. The second-order valence-electron chi connectivity index (χ2n) is 6.53. The number of rotatable bonds is 5. The number of amides is 3. The summed E-state index contributed by atoms with van der Waals surface area (Å²) in [5.41, 5.74) is -1.21. The Morgan fingerprint density at radius 1 is 0.879 bits per heavy atom. The fourth-order valence-electron chi connectivity index (χ4n) is 2.68. The summed E-state index contributed by atoms with van der Waals surface area (Å²) in [6.07, 6.45) is -3.28. The van der Waals surface area contributed by atoms with Gasteiger partial charge in [-0.25, -0.2) is 0 Å². The molecule has 170 valence electrons. The SMILES string of the molecule is CNC(=O)c1cc(Oc2ccc(NC(=O)C(=O)Nc3ccccc3C(F)(F)F)cc2)ccn1. The number of nitrogens with one attached hydrogen (secondary N) is 3. The average molecular weight is 458 g/mol. The molecule has 0 spiro atoms. The number of pyridine rings is 1. The Kier molecular flexibility index (Phi) is 6.91. The first kappa shape index (κ1) is 23.3. The number of ether oxygens (including phenoxy) is 1. The van der Waals surface area contributed by atoms with Crippen LogP contribution in [0.2, 0.25) is 0 Å². The molecule has 0 aliphatic carbocycles. The lowest BCUT2D eigenvalue weighted by atomic mass is 10.1. The minimum atomic E-state index is -4.69. The number of nitrogens with zero attached hydrogens (tertiary/aromatic N) is 1. The van der Waals surface area contributed by atoms with Crippen LogP contribution in [0.1, 0.15) is 16.1 Å². The lowest BCUT2D eigenvalue weighted by Crippen LogP contribution is -2.30. The second kappa shape index (κ2) is 9.81. The standard InChI is InChI=1S/C22H17F3N4O4/c1-26-19(30)18-12-15(10-11-27-18)33-14-8-6-13(7-9-14)28-20(31)21(32)29-17-5-3-2-4-16(17)22(23,24)25/h2-12H,1H3,(H,26,30)(H,28,31)(H,29,32). The lowest BCUT2D eigenvalue weighted by Gasteiger charge is -2.13. The minimum Gasteiger partial charge on any atom is -0.457 e. The summed E-state index contributed by atoms with van der Waals surface area (Å²) in [5, 5.41) is 6.71. The molecule has 1 aromatic heterocycles. The first-order chi connectivity index (χ1) is 15.7. The molecule has 3 amide bonds. The van der Waals surface area contributed by atoms with Crippen molar-refractivity contribution >= 4 is 29.1 Å². The fraction of sp³-hybridized carbons (Fsp3) is 0.0909. The molecule has 3 rings (SSSR count). The quantitative estimate of drug-likeness (QED) is 0.504. The maximum absolute atomic E-state index is 13.0. The Morgan fingerprint density at radius 2 is 1.55 bits per heavy atom. The monoisotopic (exact) mass is 458 g/mol. The first-order valence-electron chi connectivity index (χ1n) is 9.42. The Hall–Kier alpha value is -4.41. The van der Waals surface area contributed by atoms with E-state index >= 15 is 0 Å². The van der Waals surface area contributed by atoms with E-state index in [1.807, 2.05) is 5.32 Å². The molecule has 0 radical (unpaired) electrons. The number of carbonyl (C=O) groups excluding carboxylic acids is 3. The number of alkyl halides is 3. The van der Waals surface area contributed by atoms with Crippen molar-refractivity contribution in [3.8, 4) is 11.5 Å². The van der Waals surface area contributed by atoms with Crippen LogP contribution in [0.15, 0.2) is 66.9 Å². The van der Waals surface area contributed by atoms with Crippen molar-refractivity contribution in [2.75, 3.05) is 17.7 Å². The van der Waals surface area contributed by atoms with E-state index in [1.54, 1.807) is 6.07 Å². The van der Waals surface area contributed by atoms with Gasteiger partial charge < -0.3 is 20.7 Å². The van der Waals surface area contributed by atoms with Crippen molar-refractivity contribution in [3.05, 3.63) is 78.1 Å². The van der Waals surface area contributed by atoms with Crippen LogP contribution in [-0.2, 0) is 15.8 Å². The van der Waals surface area contributed by atoms with Crippen molar-refractivity contribution < 1.29 is 32.3 Å². The summed E-state index contributed by atoms with van der Waals surface area (Å²) in [6.45, 7) is 0. The van der Waals surface area contributed by atoms with Crippen LogP contribution in [0, 0.1) is 0 Å². The van der Waals surface area contributed by atoms with E-state index in [4.69, 9.17) is 4.74 Å². The smallest absolute Gasteiger partial charge is 0.418 e. The second-order valence-corrected chi connectivity index (χ2v) is 6.53. The van der Waals surface area contributed by atoms with Crippen molar-refractivity contribution in [2.45, 2.75) is 6.18 Å². The molecular weight excluding hydrogens is 441 g/mol. The third-order valence-electron chi connectivity index (χ3n) is 4.23. The van der Waals surface area contributed by atoms with Gasteiger partial charge >= 0.3 is 18.0 Å². The van der Waals surface area contributed by atoms with Gasteiger partial charge in [-0.05, 0) is 42.5 Å². The molecule has 33 heavy (non-hydrogen) atoms. The van der Waals surface area contributed by atoms with Gasteiger partial charge in [0.1, 0.15) is 17.2 Å². The van der Waals surface area contributed by atoms with Crippen LogP contribution in [-0.4, -0.2) is 29.8 Å². The Balaban J connectivity index is 1.63. The molecule has 0 fully saturated rings. The van der Waals surface area contributed by atoms with Gasteiger partial charge in [0.25, 0.3) is 5.91 Å². The molecule has 0 saturated heterocycles. The number of hydrogen-bond donors (Lipinski definition) is 3. The van der Waals surface area contributed by atoms with Gasteiger partial charge in [0, 0.05) is 25.0 Å². The predicted molar refractivity (Wildman–Crippen MR) is 113 cm³/mol. The molecular formula is C22H17F3N4O4. The largest absolute Gasteiger partial charge is 0.457 e. The maximum atomic E-state index is 13.0. The third-order valence-corrected chi connectivity index (χ3v) is 4.23. The van der Waals surface area contributed by atoms with Crippen molar-refractivity contribution in [2.24, 2.45) is 0 Å². The highest BCUT2D eigenvalue weighted by molar-refractivity contribution is 6.43. The molecule has 2 aromatic carbocycles. The molecule has 0 saturated carbocycles. The molecule has 0 aliphatic rings. The van der Waals surface area contributed by atoms with E-state index in [-0.39, 0.29) is 17.3 Å².